The number of hydrogen-bond acceptors (Lipinski definition) is 3. The highest BCUT2D eigenvalue weighted by Crippen LogP contribution is 2.17. The van der Waals surface area contributed by atoms with Gasteiger partial charge in [0.05, 0.1) is 6.04 Å². The van der Waals surface area contributed by atoms with Crippen LogP contribution in [0.5, 0.6) is 0 Å². The molecule has 94 valence electrons. The van der Waals surface area contributed by atoms with Crippen LogP contribution in [0.2, 0.25) is 0 Å². The van der Waals surface area contributed by atoms with Crippen LogP contribution < -0.4 is 5.32 Å². The minimum atomic E-state index is -0.339. The molecule has 0 bridgehead atoms. The molecule has 2 heterocycles. The van der Waals surface area contributed by atoms with Gasteiger partial charge in [0.2, 0.25) is 17.7 Å². The molecular weight excluding hydrogens is 222 g/mol. The van der Waals surface area contributed by atoms with Crippen molar-refractivity contribution < 1.29 is 14.4 Å². The second kappa shape index (κ2) is 4.35. The molecule has 1 atom stereocenters. The van der Waals surface area contributed by atoms with Crippen molar-refractivity contribution in [2.45, 2.75) is 31.8 Å². The van der Waals surface area contributed by atoms with E-state index in [9.17, 15) is 14.4 Å². The molecule has 0 aliphatic carbocycles. The highest BCUT2D eigenvalue weighted by molar-refractivity contribution is 5.91. The van der Waals surface area contributed by atoms with E-state index in [4.69, 9.17) is 0 Å². The van der Waals surface area contributed by atoms with E-state index in [-0.39, 0.29) is 29.8 Å². The number of rotatable bonds is 2. The summed E-state index contributed by atoms with van der Waals surface area (Å²) in [5.41, 5.74) is 0. The van der Waals surface area contributed by atoms with Crippen LogP contribution in [0, 0.1) is 0 Å². The number of amides is 3. The first kappa shape index (κ1) is 11.9. The third-order valence-corrected chi connectivity index (χ3v) is 3.47. The van der Waals surface area contributed by atoms with E-state index >= 15 is 0 Å². The summed E-state index contributed by atoms with van der Waals surface area (Å²) in [4.78, 5) is 37.3. The highest BCUT2D eigenvalue weighted by atomic mass is 16.2. The van der Waals surface area contributed by atoms with Gasteiger partial charge in [-0.3, -0.25) is 14.4 Å². The van der Waals surface area contributed by atoms with E-state index in [2.05, 4.69) is 5.32 Å². The number of nitrogens with zero attached hydrogens (tertiary/aromatic N) is 2. The minimum Gasteiger partial charge on any atom is -0.348 e. The molecule has 0 aromatic heterocycles. The summed E-state index contributed by atoms with van der Waals surface area (Å²) in [5, 5.41) is 2.87. The topological polar surface area (TPSA) is 69.7 Å². The van der Waals surface area contributed by atoms with Crippen molar-refractivity contribution >= 4 is 17.7 Å². The monoisotopic (exact) mass is 239 g/mol. The van der Waals surface area contributed by atoms with Crippen LogP contribution in [-0.2, 0) is 14.4 Å². The van der Waals surface area contributed by atoms with Crippen molar-refractivity contribution in [1.82, 2.24) is 15.1 Å². The Morgan fingerprint density at radius 1 is 1.35 bits per heavy atom. The summed E-state index contributed by atoms with van der Waals surface area (Å²) in [7, 11) is 1.65. The lowest BCUT2D eigenvalue weighted by molar-refractivity contribution is -0.138. The normalized spacial score (nSPS) is 24.8. The smallest absolute Gasteiger partial charge is 0.243 e. The molecule has 2 aliphatic rings. The molecule has 2 rings (SSSR count). The zero-order valence-corrected chi connectivity index (χ0v) is 10.1. The maximum absolute atomic E-state index is 11.9. The van der Waals surface area contributed by atoms with Crippen LogP contribution in [0.25, 0.3) is 0 Å². The Kier molecular flexibility index (Phi) is 3.04. The van der Waals surface area contributed by atoms with E-state index in [0.717, 1.165) is 0 Å². The first-order valence-corrected chi connectivity index (χ1v) is 5.80. The van der Waals surface area contributed by atoms with Gasteiger partial charge in [-0.15, -0.1) is 0 Å². The van der Waals surface area contributed by atoms with Crippen LogP contribution in [0.1, 0.15) is 19.8 Å². The zero-order valence-electron chi connectivity index (χ0n) is 10.1. The standard InChI is InChI=1S/C11H17N3O3/c1-7(15)14-5-8(6-14)12-11(17)9-3-4-10(16)13(9)2/h8-9H,3-6H2,1-2H3,(H,12,17). The summed E-state index contributed by atoms with van der Waals surface area (Å²) in [6.45, 7) is 2.67. The number of carbonyl (C=O) groups is 3. The second-order valence-electron chi connectivity index (χ2n) is 4.69. The van der Waals surface area contributed by atoms with Gasteiger partial charge in [0.25, 0.3) is 0 Å². The van der Waals surface area contributed by atoms with Crippen LogP contribution in [0.3, 0.4) is 0 Å². The molecule has 0 aromatic rings. The van der Waals surface area contributed by atoms with Gasteiger partial charge >= 0.3 is 0 Å². The largest absolute Gasteiger partial charge is 0.348 e. The fraction of sp³-hybridized carbons (Fsp3) is 0.727. The van der Waals surface area contributed by atoms with Gasteiger partial charge in [-0.05, 0) is 6.42 Å². The van der Waals surface area contributed by atoms with Crippen molar-refractivity contribution in [3.8, 4) is 0 Å². The molecule has 6 nitrogen and oxygen atoms in total. The summed E-state index contributed by atoms with van der Waals surface area (Å²) < 4.78 is 0. The predicted octanol–water partition coefficient (Wildman–Crippen LogP) is -1.05. The van der Waals surface area contributed by atoms with Crippen LogP contribution >= 0.6 is 0 Å². The fourth-order valence-electron chi connectivity index (χ4n) is 2.24. The van der Waals surface area contributed by atoms with E-state index in [1.165, 1.54) is 11.8 Å². The Balaban J connectivity index is 1.79. The SMILES string of the molecule is CC(=O)N1CC(NC(=O)C2CCC(=O)N2C)C1. The molecule has 17 heavy (non-hydrogen) atoms. The second-order valence-corrected chi connectivity index (χ2v) is 4.69. The van der Waals surface area contributed by atoms with Gasteiger partial charge in [-0.2, -0.15) is 0 Å². The molecular formula is C11H17N3O3. The van der Waals surface area contributed by atoms with Crippen molar-refractivity contribution in [2.24, 2.45) is 0 Å². The minimum absolute atomic E-state index is 0.0177. The molecule has 1 unspecified atom stereocenters. The van der Waals surface area contributed by atoms with Gasteiger partial charge in [0.15, 0.2) is 0 Å². The quantitative estimate of drug-likeness (QED) is 0.669. The third kappa shape index (κ3) is 2.25. The molecule has 0 saturated carbocycles. The number of likely N-dealkylation sites (tertiary alicyclic amines) is 2. The average Bonchev–Trinajstić information content (AvgIpc) is 2.52. The van der Waals surface area contributed by atoms with Crippen molar-refractivity contribution in [3.05, 3.63) is 0 Å². The van der Waals surface area contributed by atoms with Crippen LogP contribution in [-0.4, -0.2) is 59.7 Å². The maximum Gasteiger partial charge on any atom is 0.243 e. The maximum atomic E-state index is 11.9. The van der Waals surface area contributed by atoms with Gasteiger partial charge in [0, 0.05) is 33.5 Å². The molecule has 2 saturated heterocycles. The van der Waals surface area contributed by atoms with E-state index < -0.39 is 0 Å². The first-order chi connectivity index (χ1) is 7.99. The molecule has 2 aliphatic heterocycles. The van der Waals surface area contributed by atoms with E-state index in [0.29, 0.717) is 25.9 Å². The summed E-state index contributed by atoms with van der Waals surface area (Å²) in [6.07, 6.45) is 1.03. The summed E-state index contributed by atoms with van der Waals surface area (Å²) in [6, 6.07) is -0.301. The van der Waals surface area contributed by atoms with Crippen LogP contribution in [0.15, 0.2) is 0 Å². The predicted molar refractivity (Wildman–Crippen MR) is 60.0 cm³/mol. The summed E-state index contributed by atoms with van der Waals surface area (Å²) in [5.74, 6) is -0.0562. The van der Waals surface area contributed by atoms with Crippen molar-refractivity contribution in [3.63, 3.8) is 0 Å². The van der Waals surface area contributed by atoms with Crippen molar-refractivity contribution in [1.29, 1.82) is 0 Å². The molecule has 3 amide bonds. The number of hydrogen-bond donors (Lipinski definition) is 1. The third-order valence-electron chi connectivity index (χ3n) is 3.47. The van der Waals surface area contributed by atoms with Gasteiger partial charge in [-0.25, -0.2) is 0 Å². The average molecular weight is 239 g/mol. The Bertz CT molecular complexity index is 363. The van der Waals surface area contributed by atoms with Gasteiger partial charge in [-0.1, -0.05) is 0 Å². The Morgan fingerprint density at radius 3 is 2.47 bits per heavy atom. The van der Waals surface area contributed by atoms with Gasteiger partial charge < -0.3 is 15.1 Å². The van der Waals surface area contributed by atoms with Gasteiger partial charge in [0.1, 0.15) is 6.04 Å². The molecule has 0 radical (unpaired) electrons. The molecule has 0 aromatic carbocycles. The molecule has 1 N–H and O–H groups in total. The lowest BCUT2D eigenvalue weighted by Gasteiger charge is -2.39. The molecule has 0 spiro atoms. The number of carbonyl (C=O) groups excluding carboxylic acids is 3. The highest BCUT2D eigenvalue weighted by Gasteiger charge is 2.36. The molecule has 6 heteroatoms. The Labute approximate surface area is 99.9 Å². The Morgan fingerprint density at radius 2 is 2.00 bits per heavy atom. The van der Waals surface area contributed by atoms with Crippen LogP contribution in [0.4, 0.5) is 0 Å². The molecule has 2 fully saturated rings. The fourth-order valence-corrected chi connectivity index (χ4v) is 2.24. The summed E-state index contributed by atoms with van der Waals surface area (Å²) >= 11 is 0. The number of likely N-dealkylation sites (N-methyl/N-ethyl adjacent to an activating group) is 1. The van der Waals surface area contributed by atoms with E-state index in [1.54, 1.807) is 11.9 Å². The number of nitrogens with one attached hydrogen (secondary N) is 1. The van der Waals surface area contributed by atoms with Crippen molar-refractivity contribution in [2.75, 3.05) is 20.1 Å². The lowest BCUT2D eigenvalue weighted by atomic mass is 10.1. The zero-order chi connectivity index (χ0) is 12.6. The first-order valence-electron chi connectivity index (χ1n) is 5.80. The lowest BCUT2D eigenvalue weighted by Crippen LogP contribution is -2.62. The Hall–Kier alpha value is -1.59. The van der Waals surface area contributed by atoms with E-state index in [1.807, 2.05) is 0 Å².